The van der Waals surface area contributed by atoms with E-state index >= 15 is 0 Å². The smallest absolute Gasteiger partial charge is 0.326 e. The molecule has 1 aromatic heterocycles. The lowest BCUT2D eigenvalue weighted by molar-refractivity contribution is -0.0716. The molecule has 4 rings (SSSR count). The van der Waals surface area contributed by atoms with Crippen LogP contribution >= 0.6 is 0 Å². The van der Waals surface area contributed by atoms with E-state index in [9.17, 15) is 4.79 Å². The predicted octanol–water partition coefficient (Wildman–Crippen LogP) is 3.13. The van der Waals surface area contributed by atoms with Crippen LogP contribution < -0.4 is 19.7 Å². The largest absolute Gasteiger partial charge is 0.448 e. The molecule has 0 bridgehead atoms. The number of rotatable bonds is 2. The van der Waals surface area contributed by atoms with Gasteiger partial charge in [-0.1, -0.05) is 0 Å². The number of benzene rings is 1. The molecule has 2 heterocycles. The highest BCUT2D eigenvalue weighted by Gasteiger charge is 2.44. The Morgan fingerprint density at radius 3 is 2.75 bits per heavy atom. The molecule has 1 aromatic carbocycles. The van der Waals surface area contributed by atoms with E-state index in [1.807, 2.05) is 25.2 Å². The third-order valence-electron chi connectivity index (χ3n) is 4.54. The number of carbonyl (C=O) groups is 1. The molecule has 1 N–H and O–H groups in total. The number of carbonyl (C=O) groups excluding carboxylic acids is 1. The molecule has 0 atom stereocenters. The second kappa shape index (κ2) is 5.43. The highest BCUT2D eigenvalue weighted by atomic mass is 16.7. The molecule has 7 heteroatoms. The van der Waals surface area contributed by atoms with Crippen molar-refractivity contribution in [3.05, 3.63) is 30.6 Å². The molecule has 1 saturated carbocycles. The van der Waals surface area contributed by atoms with E-state index in [0.29, 0.717) is 11.4 Å². The second-order valence-electron chi connectivity index (χ2n) is 6.34. The summed E-state index contributed by atoms with van der Waals surface area (Å²) in [6.07, 6.45) is 7.48. The fourth-order valence-electron chi connectivity index (χ4n) is 3.20. The highest BCUT2D eigenvalue weighted by molar-refractivity contribution is 6.01. The van der Waals surface area contributed by atoms with Crippen molar-refractivity contribution < 1.29 is 14.3 Å². The summed E-state index contributed by atoms with van der Waals surface area (Å²) < 4.78 is 13.7. The first-order valence-corrected chi connectivity index (χ1v) is 8.10. The maximum absolute atomic E-state index is 12.4. The summed E-state index contributed by atoms with van der Waals surface area (Å²) in [6.45, 7) is 0. The number of nitrogens with one attached hydrogen (secondary N) is 1. The van der Waals surface area contributed by atoms with Crippen molar-refractivity contribution in [3.8, 4) is 11.5 Å². The van der Waals surface area contributed by atoms with Crippen LogP contribution in [0.2, 0.25) is 0 Å². The summed E-state index contributed by atoms with van der Waals surface area (Å²) in [4.78, 5) is 13.9. The van der Waals surface area contributed by atoms with Gasteiger partial charge in [-0.15, -0.1) is 0 Å². The molecule has 7 nitrogen and oxygen atoms in total. The minimum atomic E-state index is -0.489. The molecular weight excluding hydrogens is 308 g/mol. The van der Waals surface area contributed by atoms with Gasteiger partial charge in [0.15, 0.2) is 11.5 Å². The number of anilines is 2. The summed E-state index contributed by atoms with van der Waals surface area (Å²) in [5, 5.41) is 6.95. The van der Waals surface area contributed by atoms with Gasteiger partial charge in [-0.05, 0) is 25.0 Å². The normalized spacial score (nSPS) is 17.2. The van der Waals surface area contributed by atoms with Gasteiger partial charge in [-0.2, -0.15) is 5.10 Å². The number of aryl methyl sites for hydroxylation is 1. The first-order valence-electron chi connectivity index (χ1n) is 8.10. The summed E-state index contributed by atoms with van der Waals surface area (Å²) in [5.74, 6) is 0.950. The van der Waals surface area contributed by atoms with E-state index in [2.05, 4.69) is 10.4 Å². The molecule has 2 amide bonds. The van der Waals surface area contributed by atoms with E-state index in [4.69, 9.17) is 9.47 Å². The van der Waals surface area contributed by atoms with Crippen LogP contribution in [0.4, 0.5) is 16.2 Å². The molecule has 2 aromatic rings. The van der Waals surface area contributed by atoms with Gasteiger partial charge in [0.25, 0.3) is 5.79 Å². The van der Waals surface area contributed by atoms with E-state index in [1.165, 1.54) is 4.90 Å². The maximum atomic E-state index is 12.4. The Kier molecular flexibility index (Phi) is 3.37. The topological polar surface area (TPSA) is 68.6 Å². The molecule has 1 aliphatic heterocycles. The van der Waals surface area contributed by atoms with E-state index in [1.54, 1.807) is 24.1 Å². The lowest BCUT2D eigenvalue weighted by atomic mass is 10.2. The molecule has 1 fully saturated rings. The third-order valence-corrected chi connectivity index (χ3v) is 4.54. The van der Waals surface area contributed by atoms with Crippen molar-refractivity contribution in [2.75, 3.05) is 17.3 Å². The first-order chi connectivity index (χ1) is 11.5. The van der Waals surface area contributed by atoms with Gasteiger partial charge in [0, 0.05) is 44.9 Å². The van der Waals surface area contributed by atoms with Crippen LogP contribution in [-0.2, 0) is 7.05 Å². The summed E-state index contributed by atoms with van der Waals surface area (Å²) in [7, 11) is 3.51. The molecular formula is C17H20N4O3. The van der Waals surface area contributed by atoms with Crippen LogP contribution in [-0.4, -0.2) is 28.6 Å². The molecule has 0 radical (unpaired) electrons. The van der Waals surface area contributed by atoms with Crippen molar-refractivity contribution in [3.63, 3.8) is 0 Å². The summed E-state index contributed by atoms with van der Waals surface area (Å²) >= 11 is 0. The second-order valence-corrected chi connectivity index (χ2v) is 6.34. The predicted molar refractivity (Wildman–Crippen MR) is 89.5 cm³/mol. The van der Waals surface area contributed by atoms with Crippen LogP contribution in [0.15, 0.2) is 30.6 Å². The fourth-order valence-corrected chi connectivity index (χ4v) is 3.20. The highest BCUT2D eigenvalue weighted by Crippen LogP contribution is 2.47. The Hall–Kier alpha value is -2.70. The van der Waals surface area contributed by atoms with Gasteiger partial charge >= 0.3 is 6.03 Å². The number of amides is 2. The third kappa shape index (κ3) is 2.55. The zero-order chi connectivity index (χ0) is 16.7. The Bertz CT molecular complexity index is 780. The van der Waals surface area contributed by atoms with Crippen molar-refractivity contribution in [2.45, 2.75) is 31.5 Å². The lowest BCUT2D eigenvalue weighted by Gasteiger charge is -2.21. The van der Waals surface area contributed by atoms with Gasteiger partial charge in [0.1, 0.15) is 0 Å². The van der Waals surface area contributed by atoms with Crippen LogP contribution in [0.5, 0.6) is 11.5 Å². The van der Waals surface area contributed by atoms with Crippen molar-refractivity contribution >= 4 is 17.4 Å². The van der Waals surface area contributed by atoms with E-state index in [-0.39, 0.29) is 6.03 Å². The van der Waals surface area contributed by atoms with Crippen LogP contribution in [0, 0.1) is 0 Å². The Labute approximate surface area is 140 Å². The number of ether oxygens (including phenoxy) is 2. The number of fused-ring (bicyclic) bond motifs is 1. The monoisotopic (exact) mass is 328 g/mol. The Morgan fingerprint density at radius 1 is 1.29 bits per heavy atom. The Balaban J connectivity index is 1.47. The standard InChI is InChI=1S/C17H20N4O3/c1-20-11-13(10-18-20)21(2)16(22)19-12-5-6-14-15(9-12)24-17(23-14)7-3-4-8-17/h5-6,9-11H,3-4,7-8H2,1-2H3,(H,19,22). The van der Waals surface area contributed by atoms with Crippen LogP contribution in [0.25, 0.3) is 0 Å². The minimum absolute atomic E-state index is 0.238. The van der Waals surface area contributed by atoms with Crippen molar-refractivity contribution in [1.82, 2.24) is 9.78 Å². The molecule has 0 unspecified atom stereocenters. The zero-order valence-electron chi connectivity index (χ0n) is 13.8. The number of aromatic nitrogens is 2. The average Bonchev–Trinajstić information content (AvgIpc) is 3.27. The fraction of sp³-hybridized carbons (Fsp3) is 0.412. The van der Waals surface area contributed by atoms with Gasteiger partial charge in [-0.3, -0.25) is 9.58 Å². The molecule has 24 heavy (non-hydrogen) atoms. The number of hydrogen-bond donors (Lipinski definition) is 1. The summed E-state index contributed by atoms with van der Waals surface area (Å²) in [5.41, 5.74) is 1.40. The van der Waals surface area contributed by atoms with Crippen LogP contribution in [0.1, 0.15) is 25.7 Å². The number of urea groups is 1. The first kappa shape index (κ1) is 14.9. The van der Waals surface area contributed by atoms with Crippen LogP contribution in [0.3, 0.4) is 0 Å². The van der Waals surface area contributed by atoms with Gasteiger partial charge < -0.3 is 14.8 Å². The minimum Gasteiger partial charge on any atom is -0.448 e. The van der Waals surface area contributed by atoms with Gasteiger partial charge in [-0.25, -0.2) is 4.79 Å². The van der Waals surface area contributed by atoms with Crippen molar-refractivity contribution in [2.24, 2.45) is 7.05 Å². The SMILES string of the molecule is CN(C(=O)Nc1ccc2c(c1)OC1(CCCC1)O2)c1cnn(C)c1. The van der Waals surface area contributed by atoms with Crippen molar-refractivity contribution in [1.29, 1.82) is 0 Å². The van der Waals surface area contributed by atoms with Gasteiger partial charge in [0.2, 0.25) is 0 Å². The molecule has 126 valence electrons. The zero-order valence-corrected chi connectivity index (χ0v) is 13.8. The molecule has 1 aliphatic carbocycles. The average molecular weight is 328 g/mol. The lowest BCUT2D eigenvalue weighted by Crippen LogP contribution is -2.34. The molecule has 2 aliphatic rings. The van der Waals surface area contributed by atoms with E-state index in [0.717, 1.165) is 37.1 Å². The molecule has 1 spiro atoms. The number of hydrogen-bond acceptors (Lipinski definition) is 4. The number of nitrogens with zero attached hydrogens (tertiary/aromatic N) is 3. The Morgan fingerprint density at radius 2 is 2.04 bits per heavy atom. The van der Waals surface area contributed by atoms with Gasteiger partial charge in [0.05, 0.1) is 11.9 Å². The maximum Gasteiger partial charge on any atom is 0.326 e. The molecule has 0 saturated heterocycles. The van der Waals surface area contributed by atoms with E-state index < -0.39 is 5.79 Å². The summed E-state index contributed by atoms with van der Waals surface area (Å²) in [6, 6.07) is 5.25. The quantitative estimate of drug-likeness (QED) is 0.919.